The number of halogens is 7. The lowest BCUT2D eigenvalue weighted by molar-refractivity contribution is -0.348. The minimum absolute atomic E-state index is 0.0355. The Bertz CT molecular complexity index is 1010. The zero-order valence-corrected chi connectivity index (χ0v) is 19.6. The topological polar surface area (TPSA) is 66.4 Å². The predicted octanol–water partition coefficient (Wildman–Crippen LogP) is 6.18. The largest absolute Gasteiger partial charge is 0.481 e. The lowest BCUT2D eigenvalue weighted by atomic mass is 9.70. The molecule has 2 fully saturated rings. The number of alkyl halides is 7. The summed E-state index contributed by atoms with van der Waals surface area (Å²) in [5, 5.41) is 12.3. The van der Waals surface area contributed by atoms with Crippen molar-refractivity contribution in [1.82, 2.24) is 5.32 Å². The summed E-state index contributed by atoms with van der Waals surface area (Å²) in [6.07, 6.45) is -8.75. The average Bonchev–Trinajstić information content (AvgIpc) is 3.20. The van der Waals surface area contributed by atoms with Gasteiger partial charge in [-0.1, -0.05) is 25.1 Å². The number of aryl methyl sites for hydroxylation is 1. The van der Waals surface area contributed by atoms with Crippen molar-refractivity contribution in [2.45, 2.75) is 88.3 Å². The number of carboxylic acids is 1. The molecule has 3 atom stereocenters. The van der Waals surface area contributed by atoms with E-state index in [4.69, 9.17) is 0 Å². The van der Waals surface area contributed by atoms with Crippen LogP contribution in [0.3, 0.4) is 0 Å². The zero-order chi connectivity index (χ0) is 26.7. The van der Waals surface area contributed by atoms with Crippen LogP contribution in [0.2, 0.25) is 0 Å². The molecule has 2 N–H and O–H groups in total. The van der Waals surface area contributed by atoms with Gasteiger partial charge in [0.15, 0.2) is 0 Å². The molecule has 0 aromatic heterocycles. The number of nitrogens with one attached hydrogen (secondary N) is 1. The Morgan fingerprint density at radius 2 is 1.56 bits per heavy atom. The van der Waals surface area contributed by atoms with E-state index in [1.54, 1.807) is 0 Å². The first-order valence-electron chi connectivity index (χ1n) is 12.1. The van der Waals surface area contributed by atoms with Crippen LogP contribution in [0, 0.1) is 17.3 Å². The molecule has 3 aliphatic carbocycles. The Kier molecular flexibility index (Phi) is 6.61. The highest BCUT2D eigenvalue weighted by Crippen LogP contribution is 2.55. The molecule has 0 unspecified atom stereocenters. The molecule has 1 aromatic rings. The third-order valence-corrected chi connectivity index (χ3v) is 8.59. The molecular weight excluding hydrogens is 495 g/mol. The van der Waals surface area contributed by atoms with Gasteiger partial charge in [-0.25, -0.2) is 4.39 Å². The van der Waals surface area contributed by atoms with Gasteiger partial charge in [0.2, 0.25) is 5.91 Å². The summed E-state index contributed by atoms with van der Waals surface area (Å²) in [6, 6.07) is 2.25. The normalized spacial score (nSPS) is 30.9. The first-order valence-corrected chi connectivity index (χ1v) is 12.1. The second-order valence-corrected chi connectivity index (χ2v) is 10.7. The number of hydrogen-bond donors (Lipinski definition) is 2. The molecule has 4 nitrogen and oxygen atoms in total. The molecule has 36 heavy (non-hydrogen) atoms. The van der Waals surface area contributed by atoms with Gasteiger partial charge in [0.05, 0.1) is 5.92 Å². The smallest absolute Gasteiger partial charge is 0.435 e. The lowest BCUT2D eigenvalue weighted by Gasteiger charge is -2.38. The minimum atomic E-state index is -6.15. The summed E-state index contributed by atoms with van der Waals surface area (Å²) < 4.78 is 93.7. The first kappa shape index (κ1) is 26.7. The molecule has 3 aliphatic rings. The molecule has 1 aromatic carbocycles. The second-order valence-electron chi connectivity index (χ2n) is 10.7. The molecule has 11 heteroatoms. The molecule has 0 aliphatic heterocycles. The molecule has 2 saturated carbocycles. The number of amides is 1. The molecule has 0 radical (unpaired) electrons. The average molecular weight is 523 g/mol. The number of carbonyl (C=O) groups is 2. The molecule has 1 amide bonds. The maximum atomic E-state index is 14.5. The molecule has 200 valence electrons. The van der Waals surface area contributed by atoms with Crippen LogP contribution in [0.5, 0.6) is 0 Å². The number of carboxylic acid groups (broad SMARTS) is 1. The fourth-order valence-electron chi connectivity index (χ4n) is 6.32. The zero-order valence-electron chi connectivity index (χ0n) is 19.6. The summed E-state index contributed by atoms with van der Waals surface area (Å²) in [7, 11) is 0. The number of benzene rings is 1. The standard InChI is InChI=1S/C25H28F7NO3/c1-22(10-8-13(9-11-22)20(34)35)21(36)33-19-7-6-17-16-5-3-15(12-14(16)2-4-18(17)19)23(26,24(27,28)29)25(30,31)32/h3,5,12-13,17-19H,2,4,6-11H2,1H3,(H,33,36)(H,34,35)/t13?,17-,18+,19+,22?/m0/s1. The van der Waals surface area contributed by atoms with Crippen LogP contribution in [-0.2, 0) is 21.7 Å². The molecule has 0 heterocycles. The molecular formula is C25H28F7NO3. The van der Waals surface area contributed by atoms with Crippen LogP contribution in [0.25, 0.3) is 0 Å². The lowest BCUT2D eigenvalue weighted by Crippen LogP contribution is -2.50. The Morgan fingerprint density at radius 1 is 0.944 bits per heavy atom. The van der Waals surface area contributed by atoms with Gasteiger partial charge in [-0.3, -0.25) is 9.59 Å². The Labute approximate surface area is 203 Å². The first-order chi connectivity index (χ1) is 16.6. The van der Waals surface area contributed by atoms with Gasteiger partial charge >= 0.3 is 24.0 Å². The van der Waals surface area contributed by atoms with Crippen molar-refractivity contribution in [3.63, 3.8) is 0 Å². The maximum Gasteiger partial charge on any atom is 0.435 e. The van der Waals surface area contributed by atoms with Crippen molar-refractivity contribution in [3.8, 4) is 0 Å². The third kappa shape index (κ3) is 4.36. The number of aliphatic carboxylic acids is 1. The highest BCUT2D eigenvalue weighted by atomic mass is 19.4. The van der Waals surface area contributed by atoms with Gasteiger partial charge < -0.3 is 10.4 Å². The van der Waals surface area contributed by atoms with E-state index in [0.29, 0.717) is 62.6 Å². The van der Waals surface area contributed by atoms with Crippen LogP contribution >= 0.6 is 0 Å². The van der Waals surface area contributed by atoms with Gasteiger partial charge in [-0.2, -0.15) is 26.3 Å². The molecule has 0 saturated heterocycles. The Hall–Kier alpha value is -2.33. The van der Waals surface area contributed by atoms with Gasteiger partial charge in [-0.15, -0.1) is 0 Å². The highest BCUT2D eigenvalue weighted by molar-refractivity contribution is 5.83. The molecule has 0 bridgehead atoms. The maximum absolute atomic E-state index is 14.5. The Balaban J connectivity index is 1.50. The summed E-state index contributed by atoms with van der Waals surface area (Å²) in [6.45, 7) is 1.81. The Morgan fingerprint density at radius 3 is 2.11 bits per heavy atom. The van der Waals surface area contributed by atoms with Crippen molar-refractivity contribution in [3.05, 3.63) is 34.9 Å². The summed E-state index contributed by atoms with van der Waals surface area (Å²) in [4.78, 5) is 24.3. The summed E-state index contributed by atoms with van der Waals surface area (Å²) in [5.41, 5.74) is -6.73. The van der Waals surface area contributed by atoms with Crippen molar-refractivity contribution < 1.29 is 45.4 Å². The fraction of sp³-hybridized carbons (Fsp3) is 0.680. The van der Waals surface area contributed by atoms with Crippen LogP contribution < -0.4 is 5.32 Å². The third-order valence-electron chi connectivity index (χ3n) is 8.59. The number of rotatable bonds is 4. The van der Waals surface area contributed by atoms with Crippen molar-refractivity contribution in [1.29, 1.82) is 0 Å². The fourth-order valence-corrected chi connectivity index (χ4v) is 6.32. The van der Waals surface area contributed by atoms with E-state index in [0.717, 1.165) is 0 Å². The monoisotopic (exact) mass is 523 g/mol. The van der Waals surface area contributed by atoms with E-state index < -0.39 is 40.9 Å². The van der Waals surface area contributed by atoms with E-state index in [1.165, 1.54) is 6.07 Å². The molecule has 0 spiro atoms. The van der Waals surface area contributed by atoms with E-state index in [9.17, 15) is 45.4 Å². The van der Waals surface area contributed by atoms with Crippen molar-refractivity contribution >= 4 is 11.9 Å². The number of fused-ring (bicyclic) bond motifs is 3. The minimum Gasteiger partial charge on any atom is -0.481 e. The van der Waals surface area contributed by atoms with Crippen LogP contribution in [-0.4, -0.2) is 35.4 Å². The van der Waals surface area contributed by atoms with Crippen molar-refractivity contribution in [2.24, 2.45) is 17.3 Å². The van der Waals surface area contributed by atoms with Gasteiger partial charge in [0.25, 0.3) is 0 Å². The van der Waals surface area contributed by atoms with Crippen molar-refractivity contribution in [2.75, 3.05) is 0 Å². The number of carbonyl (C=O) groups excluding carboxylic acids is 1. The SMILES string of the molecule is CC1(C(=O)N[C@@H]2CC[C@H]3c4ccc(C(F)(C(F)(F)F)C(F)(F)F)cc4CC[C@@H]23)CCC(C(=O)O)CC1. The summed E-state index contributed by atoms with van der Waals surface area (Å²) >= 11 is 0. The van der Waals surface area contributed by atoms with E-state index in [-0.39, 0.29) is 35.8 Å². The van der Waals surface area contributed by atoms with E-state index in [1.807, 2.05) is 6.92 Å². The van der Waals surface area contributed by atoms with E-state index in [2.05, 4.69) is 5.32 Å². The van der Waals surface area contributed by atoms with Crippen LogP contribution in [0.1, 0.15) is 74.5 Å². The predicted molar refractivity (Wildman–Crippen MR) is 115 cm³/mol. The molecule has 4 rings (SSSR count). The van der Waals surface area contributed by atoms with E-state index >= 15 is 0 Å². The second kappa shape index (κ2) is 8.90. The van der Waals surface area contributed by atoms with Gasteiger partial charge in [0, 0.05) is 17.0 Å². The summed E-state index contributed by atoms with van der Waals surface area (Å²) in [5.74, 6) is -1.67. The van der Waals surface area contributed by atoms with Gasteiger partial charge in [-0.05, 0) is 74.3 Å². The number of hydrogen-bond acceptors (Lipinski definition) is 2. The van der Waals surface area contributed by atoms with Crippen LogP contribution in [0.4, 0.5) is 30.7 Å². The van der Waals surface area contributed by atoms with Gasteiger partial charge in [0.1, 0.15) is 0 Å². The highest BCUT2D eigenvalue weighted by Gasteiger charge is 2.73. The van der Waals surface area contributed by atoms with Crippen LogP contribution in [0.15, 0.2) is 18.2 Å². The quantitative estimate of drug-likeness (QED) is 0.463.